The Labute approximate surface area is 270 Å². The molecule has 1 aliphatic rings. The third-order valence-electron chi connectivity index (χ3n) is 9.26. The number of benzene rings is 7. The number of hydrogen-bond acceptors (Lipinski definition) is 4. The van der Waals surface area contributed by atoms with Gasteiger partial charge < -0.3 is 13.7 Å². The maximum atomic E-state index is 6.47. The molecule has 0 spiro atoms. The molecule has 0 radical (unpaired) electrons. The van der Waals surface area contributed by atoms with Crippen LogP contribution in [0.3, 0.4) is 0 Å². The summed E-state index contributed by atoms with van der Waals surface area (Å²) in [7, 11) is 0. The van der Waals surface area contributed by atoms with E-state index in [9.17, 15) is 0 Å². The molecule has 2 aromatic heterocycles. The van der Waals surface area contributed by atoms with Crippen LogP contribution in [0.25, 0.3) is 77.9 Å². The van der Waals surface area contributed by atoms with Crippen molar-refractivity contribution in [3.05, 3.63) is 158 Å². The third-order valence-corrected chi connectivity index (χ3v) is 9.26. The molecule has 220 valence electrons. The molecule has 0 unspecified atom stereocenters. The Morgan fingerprint density at radius 1 is 0.447 bits per heavy atom. The van der Waals surface area contributed by atoms with E-state index in [1.165, 1.54) is 21.9 Å². The number of nitrogens with zero attached hydrogens (tertiary/aromatic N) is 2. The molecule has 4 heteroatoms. The van der Waals surface area contributed by atoms with E-state index < -0.39 is 0 Å². The fourth-order valence-electron chi connectivity index (χ4n) is 7.09. The van der Waals surface area contributed by atoms with Crippen molar-refractivity contribution in [2.24, 2.45) is 0 Å². The first kappa shape index (κ1) is 25.9. The minimum atomic E-state index is 0.620. The summed E-state index contributed by atoms with van der Waals surface area (Å²) in [4.78, 5) is 7.31. The van der Waals surface area contributed by atoms with Crippen molar-refractivity contribution in [3.8, 4) is 45.2 Å². The van der Waals surface area contributed by atoms with E-state index in [2.05, 4.69) is 138 Å². The zero-order valence-corrected chi connectivity index (χ0v) is 25.2. The van der Waals surface area contributed by atoms with Crippen molar-refractivity contribution in [1.82, 2.24) is 4.98 Å². The highest BCUT2D eigenvalue weighted by molar-refractivity contribution is 6.14. The van der Waals surface area contributed by atoms with E-state index in [1.807, 2.05) is 24.3 Å². The summed E-state index contributed by atoms with van der Waals surface area (Å²) >= 11 is 0. The number of hydrogen-bond donors (Lipinski definition) is 0. The third kappa shape index (κ3) is 3.98. The van der Waals surface area contributed by atoms with Crippen LogP contribution >= 0.6 is 0 Å². The van der Waals surface area contributed by atoms with Gasteiger partial charge in [-0.1, -0.05) is 103 Å². The number of oxazole rings is 1. The molecular weight excluding hydrogens is 576 g/mol. The maximum Gasteiger partial charge on any atom is 0.227 e. The molecule has 1 aliphatic carbocycles. The van der Waals surface area contributed by atoms with Crippen LogP contribution in [0.5, 0.6) is 0 Å². The number of para-hydroxylation sites is 1. The predicted octanol–water partition coefficient (Wildman–Crippen LogP) is 12.2. The second kappa shape index (κ2) is 10.1. The van der Waals surface area contributed by atoms with Gasteiger partial charge in [-0.15, -0.1) is 0 Å². The fraction of sp³-hybridized carbons (Fsp3) is 0. The van der Waals surface area contributed by atoms with Crippen LogP contribution in [0.15, 0.2) is 167 Å². The van der Waals surface area contributed by atoms with Crippen molar-refractivity contribution in [3.63, 3.8) is 0 Å². The van der Waals surface area contributed by atoms with Gasteiger partial charge in [0.2, 0.25) is 5.89 Å². The van der Waals surface area contributed by atoms with E-state index in [-0.39, 0.29) is 0 Å². The first-order valence-corrected chi connectivity index (χ1v) is 15.8. The molecule has 0 bridgehead atoms. The highest BCUT2D eigenvalue weighted by Gasteiger charge is 2.28. The van der Waals surface area contributed by atoms with Gasteiger partial charge in [0.25, 0.3) is 0 Å². The lowest BCUT2D eigenvalue weighted by Gasteiger charge is -2.26. The number of anilines is 3. The molecule has 4 nitrogen and oxygen atoms in total. The van der Waals surface area contributed by atoms with Gasteiger partial charge in [-0.2, -0.15) is 0 Å². The molecule has 0 atom stereocenters. The largest absolute Gasteiger partial charge is 0.456 e. The van der Waals surface area contributed by atoms with E-state index in [0.29, 0.717) is 5.89 Å². The molecule has 2 heterocycles. The van der Waals surface area contributed by atoms with Gasteiger partial charge in [0, 0.05) is 38.8 Å². The summed E-state index contributed by atoms with van der Waals surface area (Å²) in [6.07, 6.45) is 0. The number of rotatable bonds is 5. The predicted molar refractivity (Wildman–Crippen MR) is 191 cm³/mol. The van der Waals surface area contributed by atoms with Gasteiger partial charge >= 0.3 is 0 Å². The minimum absolute atomic E-state index is 0.620. The van der Waals surface area contributed by atoms with E-state index in [0.717, 1.165) is 67.1 Å². The zero-order chi connectivity index (χ0) is 30.9. The summed E-state index contributed by atoms with van der Waals surface area (Å²) in [6, 6.07) is 54.9. The van der Waals surface area contributed by atoms with E-state index >= 15 is 0 Å². The van der Waals surface area contributed by atoms with Crippen LogP contribution in [-0.4, -0.2) is 4.98 Å². The zero-order valence-electron chi connectivity index (χ0n) is 25.2. The molecule has 47 heavy (non-hydrogen) atoms. The molecule has 9 aromatic rings. The molecule has 0 aliphatic heterocycles. The summed E-state index contributed by atoms with van der Waals surface area (Å²) in [5, 5.41) is 4.59. The van der Waals surface area contributed by atoms with E-state index in [4.69, 9.17) is 13.8 Å². The average Bonchev–Trinajstić information content (AvgIpc) is 3.83. The normalized spacial score (nSPS) is 11.8. The number of aromatic nitrogens is 1. The summed E-state index contributed by atoms with van der Waals surface area (Å²) < 4.78 is 12.8. The lowest BCUT2D eigenvalue weighted by molar-refractivity contribution is 0.590. The van der Waals surface area contributed by atoms with Crippen LogP contribution in [0, 0.1) is 0 Å². The van der Waals surface area contributed by atoms with Gasteiger partial charge in [-0.05, 0) is 71.1 Å². The Hall–Kier alpha value is -6.39. The van der Waals surface area contributed by atoms with Crippen molar-refractivity contribution in [1.29, 1.82) is 0 Å². The van der Waals surface area contributed by atoms with Crippen LogP contribution in [0.1, 0.15) is 0 Å². The van der Waals surface area contributed by atoms with Crippen molar-refractivity contribution >= 4 is 49.8 Å². The summed E-state index contributed by atoms with van der Waals surface area (Å²) in [5.41, 5.74) is 11.3. The second-order valence-corrected chi connectivity index (χ2v) is 11.9. The Morgan fingerprint density at radius 2 is 1.09 bits per heavy atom. The Bertz CT molecular complexity index is 2560. The second-order valence-electron chi connectivity index (χ2n) is 11.9. The smallest absolute Gasteiger partial charge is 0.227 e. The molecule has 0 saturated heterocycles. The van der Waals surface area contributed by atoms with Crippen molar-refractivity contribution in [2.75, 3.05) is 4.90 Å². The topological polar surface area (TPSA) is 42.4 Å². The number of furan rings is 1. The fourth-order valence-corrected chi connectivity index (χ4v) is 7.09. The van der Waals surface area contributed by atoms with Crippen LogP contribution in [-0.2, 0) is 0 Å². The highest BCUT2D eigenvalue weighted by atomic mass is 16.4. The van der Waals surface area contributed by atoms with E-state index in [1.54, 1.807) is 0 Å². The standard InChI is InChI=1S/C43H26N2O2/c1-2-9-27(10-3-1)28-19-23-31(24-20-28)45(36-16-8-18-38-40(36)33-13-4-5-17-37(33)46-38)32-25-21-30(22-26-32)43-44-41-34-14-6-11-29-12-7-15-35(39(29)34)42(41)47-43/h1-26H. The van der Waals surface area contributed by atoms with Crippen LogP contribution in [0.2, 0.25) is 0 Å². The average molecular weight is 603 g/mol. The van der Waals surface area contributed by atoms with Gasteiger partial charge in [0.05, 0.1) is 11.1 Å². The monoisotopic (exact) mass is 602 g/mol. The Kier molecular flexibility index (Phi) is 5.54. The maximum absolute atomic E-state index is 6.47. The Balaban J connectivity index is 1.09. The minimum Gasteiger partial charge on any atom is -0.456 e. The first-order chi connectivity index (χ1) is 23.3. The lowest BCUT2D eigenvalue weighted by Crippen LogP contribution is -2.10. The molecule has 0 N–H and O–H groups in total. The quantitative estimate of drug-likeness (QED) is 0.197. The molecule has 7 aromatic carbocycles. The van der Waals surface area contributed by atoms with Gasteiger partial charge in [0.1, 0.15) is 16.9 Å². The SMILES string of the molecule is c1ccc(-c2ccc(N(c3ccc(-c4nc5c(o4)-c4cccc6cccc-5c46)cc3)c3cccc4oc5ccccc5c34)cc2)cc1. The molecule has 0 fully saturated rings. The summed E-state index contributed by atoms with van der Waals surface area (Å²) in [6.45, 7) is 0. The first-order valence-electron chi connectivity index (χ1n) is 15.8. The molecular formula is C43H26N2O2. The van der Waals surface area contributed by atoms with Crippen molar-refractivity contribution in [2.45, 2.75) is 0 Å². The van der Waals surface area contributed by atoms with Crippen molar-refractivity contribution < 1.29 is 8.83 Å². The Morgan fingerprint density at radius 3 is 1.87 bits per heavy atom. The van der Waals surface area contributed by atoms with Crippen LogP contribution < -0.4 is 4.90 Å². The molecule has 0 saturated carbocycles. The summed E-state index contributed by atoms with van der Waals surface area (Å²) in [5.74, 6) is 1.46. The molecule has 0 amide bonds. The lowest BCUT2D eigenvalue weighted by atomic mass is 10.0. The highest BCUT2D eigenvalue weighted by Crippen LogP contribution is 2.49. The van der Waals surface area contributed by atoms with Gasteiger partial charge in [-0.25, -0.2) is 4.98 Å². The van der Waals surface area contributed by atoms with Crippen LogP contribution in [0.4, 0.5) is 17.1 Å². The number of fused-ring (bicyclic) bond motifs is 6. The van der Waals surface area contributed by atoms with Gasteiger partial charge in [0.15, 0.2) is 5.76 Å². The van der Waals surface area contributed by atoms with Gasteiger partial charge in [-0.3, -0.25) is 0 Å². The molecule has 10 rings (SSSR count).